The van der Waals surface area contributed by atoms with Crippen molar-refractivity contribution in [2.24, 2.45) is 0 Å². The van der Waals surface area contributed by atoms with E-state index in [1.165, 1.54) is 35.7 Å². The molecule has 1 saturated heterocycles. The summed E-state index contributed by atoms with van der Waals surface area (Å²) in [5.41, 5.74) is 2.59. The molecule has 1 aliphatic heterocycles. The normalized spacial score (nSPS) is 17.1. The van der Waals surface area contributed by atoms with Crippen LogP contribution in [-0.4, -0.2) is 47.2 Å². The van der Waals surface area contributed by atoms with Crippen molar-refractivity contribution in [1.82, 2.24) is 14.8 Å². The Balaban J connectivity index is 1.51. The molecule has 1 aromatic heterocycles. The van der Waals surface area contributed by atoms with E-state index in [2.05, 4.69) is 57.4 Å². The van der Waals surface area contributed by atoms with E-state index in [0.29, 0.717) is 0 Å². The molecule has 0 saturated carbocycles. The zero-order valence-corrected chi connectivity index (χ0v) is 14.6. The Kier molecular flexibility index (Phi) is 6.08. The SMILES string of the molecule is CSc1ccc(CN2CCCN(Cc3ccccn3)CC2)cc1. The Bertz CT molecular complexity index is 585. The topological polar surface area (TPSA) is 19.4 Å². The molecule has 0 N–H and O–H groups in total. The maximum absolute atomic E-state index is 4.45. The number of thioether (sulfide) groups is 1. The van der Waals surface area contributed by atoms with E-state index >= 15 is 0 Å². The summed E-state index contributed by atoms with van der Waals surface area (Å²) >= 11 is 1.80. The number of benzene rings is 1. The molecule has 0 unspecified atom stereocenters. The first-order valence-corrected chi connectivity index (χ1v) is 9.53. The first kappa shape index (κ1) is 16.5. The van der Waals surface area contributed by atoms with Gasteiger partial charge in [-0.3, -0.25) is 14.8 Å². The van der Waals surface area contributed by atoms with Gasteiger partial charge in [-0.05, 0) is 55.6 Å². The largest absolute Gasteiger partial charge is 0.298 e. The molecule has 1 fully saturated rings. The fraction of sp³-hybridized carbons (Fsp3) is 0.421. The van der Waals surface area contributed by atoms with Crippen molar-refractivity contribution in [3.05, 3.63) is 59.9 Å². The first-order chi connectivity index (χ1) is 11.3. The van der Waals surface area contributed by atoms with Crippen LogP contribution in [0.2, 0.25) is 0 Å². The van der Waals surface area contributed by atoms with Gasteiger partial charge in [0.1, 0.15) is 0 Å². The highest BCUT2D eigenvalue weighted by molar-refractivity contribution is 7.98. The number of pyridine rings is 1. The fourth-order valence-electron chi connectivity index (χ4n) is 3.05. The average molecular weight is 327 g/mol. The Morgan fingerprint density at radius 2 is 1.65 bits per heavy atom. The first-order valence-electron chi connectivity index (χ1n) is 8.31. The number of rotatable bonds is 5. The standard InChI is InChI=1S/C19H25N3S/c1-23-19-8-6-17(7-9-19)15-21-11-4-12-22(14-13-21)16-18-5-2-3-10-20-18/h2-3,5-10H,4,11-16H2,1H3. The van der Waals surface area contributed by atoms with Crippen LogP contribution in [0.25, 0.3) is 0 Å². The maximum Gasteiger partial charge on any atom is 0.0543 e. The average Bonchev–Trinajstić information content (AvgIpc) is 2.82. The number of hydrogen-bond donors (Lipinski definition) is 0. The molecule has 0 amide bonds. The van der Waals surface area contributed by atoms with Crippen molar-refractivity contribution < 1.29 is 0 Å². The van der Waals surface area contributed by atoms with Crippen LogP contribution in [0.5, 0.6) is 0 Å². The van der Waals surface area contributed by atoms with E-state index < -0.39 is 0 Å². The Hall–Kier alpha value is -1.36. The molecule has 4 heteroatoms. The van der Waals surface area contributed by atoms with E-state index in [4.69, 9.17) is 0 Å². The lowest BCUT2D eigenvalue weighted by Crippen LogP contribution is -2.30. The van der Waals surface area contributed by atoms with E-state index in [1.54, 1.807) is 11.8 Å². The number of aromatic nitrogens is 1. The smallest absolute Gasteiger partial charge is 0.0543 e. The molecule has 0 radical (unpaired) electrons. The molecule has 122 valence electrons. The summed E-state index contributed by atoms with van der Waals surface area (Å²) in [6, 6.07) is 15.2. The molecule has 0 atom stereocenters. The molecule has 23 heavy (non-hydrogen) atoms. The molecule has 0 aliphatic carbocycles. The lowest BCUT2D eigenvalue weighted by molar-refractivity contribution is 0.245. The summed E-state index contributed by atoms with van der Waals surface area (Å²) in [5, 5.41) is 0. The molecule has 0 bridgehead atoms. The molecule has 1 aliphatic rings. The van der Waals surface area contributed by atoms with Gasteiger partial charge in [0.15, 0.2) is 0 Å². The second kappa shape index (κ2) is 8.48. The van der Waals surface area contributed by atoms with Gasteiger partial charge in [0.2, 0.25) is 0 Å². The molecular weight excluding hydrogens is 302 g/mol. The highest BCUT2D eigenvalue weighted by Gasteiger charge is 2.15. The fourth-order valence-corrected chi connectivity index (χ4v) is 3.46. The van der Waals surface area contributed by atoms with Crippen molar-refractivity contribution in [2.75, 3.05) is 32.4 Å². The monoisotopic (exact) mass is 327 g/mol. The van der Waals surface area contributed by atoms with Gasteiger partial charge in [-0.25, -0.2) is 0 Å². The van der Waals surface area contributed by atoms with Gasteiger partial charge >= 0.3 is 0 Å². The molecule has 1 aromatic carbocycles. The van der Waals surface area contributed by atoms with E-state index in [0.717, 1.165) is 26.2 Å². The van der Waals surface area contributed by atoms with Crippen molar-refractivity contribution in [1.29, 1.82) is 0 Å². The summed E-state index contributed by atoms with van der Waals surface area (Å²) in [4.78, 5) is 10.9. The minimum atomic E-state index is 0.969. The van der Waals surface area contributed by atoms with E-state index in [1.807, 2.05) is 12.3 Å². The van der Waals surface area contributed by atoms with Crippen LogP contribution in [0.15, 0.2) is 53.6 Å². The molecule has 3 nitrogen and oxygen atoms in total. The van der Waals surface area contributed by atoms with Gasteiger partial charge in [-0.2, -0.15) is 0 Å². The van der Waals surface area contributed by atoms with Gasteiger partial charge in [-0.1, -0.05) is 18.2 Å². The summed E-state index contributed by atoms with van der Waals surface area (Å²) in [6.45, 7) is 6.64. The third kappa shape index (κ3) is 5.06. The summed E-state index contributed by atoms with van der Waals surface area (Å²) in [5.74, 6) is 0. The Labute approximate surface area is 143 Å². The van der Waals surface area contributed by atoms with E-state index in [-0.39, 0.29) is 0 Å². The zero-order valence-electron chi connectivity index (χ0n) is 13.8. The van der Waals surface area contributed by atoms with Crippen molar-refractivity contribution in [3.8, 4) is 0 Å². The second-order valence-corrected chi connectivity index (χ2v) is 6.95. The molecule has 2 heterocycles. The van der Waals surface area contributed by atoms with Gasteiger partial charge in [0.05, 0.1) is 5.69 Å². The van der Waals surface area contributed by atoms with Crippen LogP contribution >= 0.6 is 11.8 Å². The molecule has 3 rings (SSSR count). The van der Waals surface area contributed by atoms with E-state index in [9.17, 15) is 0 Å². The molecular formula is C19H25N3S. The minimum absolute atomic E-state index is 0.969. The highest BCUT2D eigenvalue weighted by atomic mass is 32.2. The second-order valence-electron chi connectivity index (χ2n) is 6.07. The van der Waals surface area contributed by atoms with Crippen LogP contribution < -0.4 is 0 Å². The van der Waals surface area contributed by atoms with Crippen LogP contribution in [0.1, 0.15) is 17.7 Å². The van der Waals surface area contributed by atoms with Gasteiger partial charge in [0, 0.05) is 37.3 Å². The highest BCUT2D eigenvalue weighted by Crippen LogP contribution is 2.16. The summed E-state index contributed by atoms with van der Waals surface area (Å²) in [6.07, 6.45) is 5.24. The zero-order chi connectivity index (χ0) is 15.9. The van der Waals surface area contributed by atoms with Crippen molar-refractivity contribution in [3.63, 3.8) is 0 Å². The van der Waals surface area contributed by atoms with Crippen LogP contribution in [0.4, 0.5) is 0 Å². The van der Waals surface area contributed by atoms with Crippen LogP contribution in [0, 0.1) is 0 Å². The van der Waals surface area contributed by atoms with Gasteiger partial charge in [-0.15, -0.1) is 11.8 Å². The molecule has 2 aromatic rings. The number of hydrogen-bond acceptors (Lipinski definition) is 4. The maximum atomic E-state index is 4.45. The van der Waals surface area contributed by atoms with Gasteiger partial charge in [0.25, 0.3) is 0 Å². The number of nitrogens with zero attached hydrogens (tertiary/aromatic N) is 3. The lowest BCUT2D eigenvalue weighted by Gasteiger charge is -2.21. The van der Waals surface area contributed by atoms with Crippen molar-refractivity contribution >= 4 is 11.8 Å². The summed E-state index contributed by atoms with van der Waals surface area (Å²) in [7, 11) is 0. The quantitative estimate of drug-likeness (QED) is 0.782. The predicted octanol–water partition coefficient (Wildman–Crippen LogP) is 3.51. The van der Waals surface area contributed by atoms with Crippen molar-refractivity contribution in [2.45, 2.75) is 24.4 Å². The third-order valence-electron chi connectivity index (χ3n) is 4.36. The van der Waals surface area contributed by atoms with Gasteiger partial charge < -0.3 is 0 Å². The Morgan fingerprint density at radius 3 is 2.30 bits per heavy atom. The minimum Gasteiger partial charge on any atom is -0.298 e. The summed E-state index contributed by atoms with van der Waals surface area (Å²) < 4.78 is 0. The molecule has 0 spiro atoms. The van der Waals surface area contributed by atoms with Crippen LogP contribution in [-0.2, 0) is 13.1 Å². The Morgan fingerprint density at radius 1 is 0.913 bits per heavy atom. The lowest BCUT2D eigenvalue weighted by atomic mass is 10.2. The van der Waals surface area contributed by atoms with Crippen LogP contribution in [0.3, 0.4) is 0 Å². The third-order valence-corrected chi connectivity index (χ3v) is 5.10. The predicted molar refractivity (Wildman–Crippen MR) is 97.6 cm³/mol.